The molecule has 0 aliphatic rings. The van der Waals surface area contributed by atoms with E-state index in [0.717, 1.165) is 18.4 Å². The van der Waals surface area contributed by atoms with E-state index in [1.807, 2.05) is 6.92 Å². The van der Waals surface area contributed by atoms with E-state index in [-0.39, 0.29) is 17.4 Å². The van der Waals surface area contributed by atoms with Crippen molar-refractivity contribution >= 4 is 5.97 Å². The van der Waals surface area contributed by atoms with Crippen molar-refractivity contribution < 1.29 is 15.0 Å². The van der Waals surface area contributed by atoms with Crippen LogP contribution in [-0.2, 0) is 0 Å². The van der Waals surface area contributed by atoms with Crippen LogP contribution in [0, 0.1) is 0 Å². The van der Waals surface area contributed by atoms with Crippen molar-refractivity contribution in [3.8, 4) is 5.75 Å². The fourth-order valence-electron chi connectivity index (χ4n) is 1.43. The average molecular weight is 209 g/mol. The predicted octanol–water partition coefficient (Wildman–Crippen LogP) is 1.89. The molecule has 1 rings (SSSR count). The van der Waals surface area contributed by atoms with Gasteiger partial charge in [0.2, 0.25) is 0 Å². The highest BCUT2D eigenvalue weighted by atomic mass is 16.4. The molecule has 0 spiro atoms. The maximum Gasteiger partial charge on any atom is 0.339 e. The summed E-state index contributed by atoms with van der Waals surface area (Å²) in [6, 6.07) is 4.28. The number of benzene rings is 1. The molecule has 4 nitrogen and oxygen atoms in total. The monoisotopic (exact) mass is 209 g/mol. The third kappa shape index (κ3) is 2.70. The van der Waals surface area contributed by atoms with E-state index in [0.29, 0.717) is 0 Å². The van der Waals surface area contributed by atoms with E-state index in [4.69, 9.17) is 10.8 Å². The van der Waals surface area contributed by atoms with E-state index < -0.39 is 5.97 Å². The Balaban J connectivity index is 3.02. The first kappa shape index (κ1) is 11.5. The van der Waals surface area contributed by atoms with Crippen LogP contribution in [0.1, 0.15) is 41.7 Å². The second kappa shape index (κ2) is 4.79. The molecule has 0 aromatic heterocycles. The third-order valence-corrected chi connectivity index (χ3v) is 2.28. The number of hydrogen-bond donors (Lipinski definition) is 3. The Labute approximate surface area is 88.3 Å². The van der Waals surface area contributed by atoms with Crippen molar-refractivity contribution in [2.24, 2.45) is 5.73 Å². The summed E-state index contributed by atoms with van der Waals surface area (Å²) in [5, 5.41) is 18.1. The summed E-state index contributed by atoms with van der Waals surface area (Å²) in [5.41, 5.74) is 6.49. The topological polar surface area (TPSA) is 83.5 Å². The zero-order chi connectivity index (χ0) is 11.4. The summed E-state index contributed by atoms with van der Waals surface area (Å²) in [7, 11) is 0. The van der Waals surface area contributed by atoms with Gasteiger partial charge in [0.1, 0.15) is 11.3 Å². The van der Waals surface area contributed by atoms with Crippen LogP contribution in [0.5, 0.6) is 5.75 Å². The number of nitrogens with two attached hydrogens (primary N) is 1. The molecule has 0 amide bonds. The molecule has 4 N–H and O–H groups in total. The zero-order valence-corrected chi connectivity index (χ0v) is 8.60. The molecule has 1 aromatic carbocycles. The van der Waals surface area contributed by atoms with Crippen LogP contribution in [0.3, 0.4) is 0 Å². The minimum atomic E-state index is -1.14. The van der Waals surface area contributed by atoms with Gasteiger partial charge in [-0.1, -0.05) is 19.4 Å². The van der Waals surface area contributed by atoms with Gasteiger partial charge in [-0.15, -0.1) is 0 Å². The Morgan fingerprint density at radius 3 is 2.73 bits per heavy atom. The van der Waals surface area contributed by atoms with Gasteiger partial charge in [-0.05, 0) is 24.1 Å². The standard InChI is InChI=1S/C11H15NO3/c1-2-3-9(12)7-4-5-10(13)8(6-7)11(14)15/h4-6,9,13H,2-3,12H2,1H3,(H,14,15)/t9-/m1/s1. The summed E-state index contributed by atoms with van der Waals surface area (Å²) < 4.78 is 0. The molecular formula is C11H15NO3. The highest BCUT2D eigenvalue weighted by Crippen LogP contribution is 2.23. The Kier molecular flexibility index (Phi) is 3.68. The van der Waals surface area contributed by atoms with Crippen LogP contribution in [0.25, 0.3) is 0 Å². The second-order valence-electron chi connectivity index (χ2n) is 3.48. The van der Waals surface area contributed by atoms with Crippen molar-refractivity contribution in [2.75, 3.05) is 0 Å². The number of rotatable bonds is 4. The SMILES string of the molecule is CCC[C@@H](N)c1ccc(O)c(C(=O)O)c1. The van der Waals surface area contributed by atoms with Gasteiger partial charge in [-0.3, -0.25) is 0 Å². The summed E-state index contributed by atoms with van der Waals surface area (Å²) in [6.45, 7) is 2.01. The lowest BCUT2D eigenvalue weighted by molar-refractivity contribution is 0.0693. The molecule has 0 heterocycles. The molecule has 0 aliphatic heterocycles. The smallest absolute Gasteiger partial charge is 0.339 e. The van der Waals surface area contributed by atoms with Crippen molar-refractivity contribution in [3.05, 3.63) is 29.3 Å². The fraction of sp³-hybridized carbons (Fsp3) is 0.364. The number of carboxylic acids is 1. The zero-order valence-electron chi connectivity index (χ0n) is 8.60. The lowest BCUT2D eigenvalue weighted by atomic mass is 10.0. The van der Waals surface area contributed by atoms with Gasteiger partial charge in [0.15, 0.2) is 0 Å². The normalized spacial score (nSPS) is 12.4. The Bertz CT molecular complexity index is 363. The molecule has 0 unspecified atom stereocenters. The lowest BCUT2D eigenvalue weighted by Gasteiger charge is -2.11. The molecule has 1 atom stereocenters. The third-order valence-electron chi connectivity index (χ3n) is 2.28. The Hall–Kier alpha value is -1.55. The molecule has 0 aliphatic carbocycles. The number of carbonyl (C=O) groups is 1. The number of hydrogen-bond acceptors (Lipinski definition) is 3. The first-order valence-electron chi connectivity index (χ1n) is 4.88. The van der Waals surface area contributed by atoms with Crippen LogP contribution in [0.4, 0.5) is 0 Å². The number of phenols is 1. The first-order chi connectivity index (χ1) is 7.06. The van der Waals surface area contributed by atoms with Crippen molar-refractivity contribution in [1.82, 2.24) is 0 Å². The van der Waals surface area contributed by atoms with Gasteiger partial charge in [-0.2, -0.15) is 0 Å². The van der Waals surface area contributed by atoms with Crippen molar-refractivity contribution in [1.29, 1.82) is 0 Å². The molecule has 0 bridgehead atoms. The van der Waals surface area contributed by atoms with Crippen molar-refractivity contribution in [3.63, 3.8) is 0 Å². The van der Waals surface area contributed by atoms with Crippen LogP contribution >= 0.6 is 0 Å². The Morgan fingerprint density at radius 2 is 2.20 bits per heavy atom. The molecule has 0 radical (unpaired) electrons. The highest BCUT2D eigenvalue weighted by molar-refractivity contribution is 5.90. The van der Waals surface area contributed by atoms with Gasteiger partial charge in [-0.25, -0.2) is 4.79 Å². The highest BCUT2D eigenvalue weighted by Gasteiger charge is 2.12. The van der Waals surface area contributed by atoms with Crippen LogP contribution in [0.15, 0.2) is 18.2 Å². The quantitative estimate of drug-likeness (QED) is 0.707. The summed E-state index contributed by atoms with van der Waals surface area (Å²) >= 11 is 0. The van der Waals surface area contributed by atoms with Crippen LogP contribution in [-0.4, -0.2) is 16.2 Å². The van der Waals surface area contributed by atoms with E-state index in [2.05, 4.69) is 0 Å². The maximum atomic E-state index is 10.8. The van der Waals surface area contributed by atoms with E-state index in [1.165, 1.54) is 12.1 Å². The second-order valence-corrected chi connectivity index (χ2v) is 3.48. The van der Waals surface area contributed by atoms with Gasteiger partial charge in [0, 0.05) is 6.04 Å². The molecule has 1 aromatic rings. The first-order valence-corrected chi connectivity index (χ1v) is 4.88. The average Bonchev–Trinajstić information content (AvgIpc) is 2.18. The number of carboxylic acid groups (broad SMARTS) is 1. The van der Waals surface area contributed by atoms with Gasteiger partial charge in [0.25, 0.3) is 0 Å². The van der Waals surface area contributed by atoms with Crippen molar-refractivity contribution in [2.45, 2.75) is 25.8 Å². The summed E-state index contributed by atoms with van der Waals surface area (Å²) in [6.07, 6.45) is 1.73. The largest absolute Gasteiger partial charge is 0.507 e. The predicted molar refractivity (Wildman–Crippen MR) is 56.9 cm³/mol. The molecule has 4 heteroatoms. The minimum absolute atomic E-state index is 0.0981. The summed E-state index contributed by atoms with van der Waals surface area (Å²) in [5.74, 6) is -1.37. The summed E-state index contributed by atoms with van der Waals surface area (Å²) in [4.78, 5) is 10.8. The van der Waals surface area contributed by atoms with Crippen LogP contribution < -0.4 is 5.73 Å². The Morgan fingerprint density at radius 1 is 1.53 bits per heavy atom. The molecular weight excluding hydrogens is 194 g/mol. The van der Waals surface area contributed by atoms with E-state index >= 15 is 0 Å². The van der Waals surface area contributed by atoms with Gasteiger partial charge >= 0.3 is 5.97 Å². The molecule has 82 valence electrons. The number of aromatic hydroxyl groups is 1. The molecule has 0 saturated heterocycles. The van der Waals surface area contributed by atoms with Gasteiger partial charge < -0.3 is 15.9 Å². The van der Waals surface area contributed by atoms with Crippen LogP contribution in [0.2, 0.25) is 0 Å². The molecule has 0 fully saturated rings. The molecule has 0 saturated carbocycles. The van der Waals surface area contributed by atoms with Gasteiger partial charge in [0.05, 0.1) is 0 Å². The number of aromatic carboxylic acids is 1. The van der Waals surface area contributed by atoms with E-state index in [9.17, 15) is 9.90 Å². The minimum Gasteiger partial charge on any atom is -0.507 e. The van der Waals surface area contributed by atoms with E-state index in [1.54, 1.807) is 6.07 Å². The maximum absolute atomic E-state index is 10.8. The molecule has 15 heavy (non-hydrogen) atoms. The fourth-order valence-corrected chi connectivity index (χ4v) is 1.43. The lowest BCUT2D eigenvalue weighted by Crippen LogP contribution is -2.10.